The third-order valence-electron chi connectivity index (χ3n) is 4.49. The van der Waals surface area contributed by atoms with Gasteiger partial charge >= 0.3 is 12.1 Å². The van der Waals surface area contributed by atoms with Gasteiger partial charge in [-0.25, -0.2) is 9.59 Å². The summed E-state index contributed by atoms with van der Waals surface area (Å²) in [6.07, 6.45) is 1.14. The fourth-order valence-corrected chi connectivity index (χ4v) is 3.15. The SMILES string of the molecule is CC(C)(C)OC(=O)N1CCC(NC(=O)Nc2ccc3ccccc3c2)CC1. The highest BCUT2D eigenvalue weighted by atomic mass is 16.6. The van der Waals surface area contributed by atoms with Crippen molar-refractivity contribution in [3.63, 3.8) is 0 Å². The first-order valence-corrected chi connectivity index (χ1v) is 9.34. The maximum Gasteiger partial charge on any atom is 0.410 e. The second-order valence-electron chi connectivity index (χ2n) is 7.90. The van der Waals surface area contributed by atoms with Crippen molar-refractivity contribution in [3.8, 4) is 0 Å². The zero-order valence-corrected chi connectivity index (χ0v) is 16.1. The number of urea groups is 1. The van der Waals surface area contributed by atoms with Crippen LogP contribution in [0.3, 0.4) is 0 Å². The molecule has 0 unspecified atom stereocenters. The Morgan fingerprint density at radius 2 is 1.70 bits per heavy atom. The largest absolute Gasteiger partial charge is 0.444 e. The van der Waals surface area contributed by atoms with Gasteiger partial charge in [0.15, 0.2) is 0 Å². The number of amides is 3. The van der Waals surface area contributed by atoms with E-state index in [0.717, 1.165) is 16.5 Å². The van der Waals surface area contributed by atoms with Crippen LogP contribution < -0.4 is 10.6 Å². The maximum atomic E-state index is 12.3. The van der Waals surface area contributed by atoms with Crippen LogP contribution in [-0.2, 0) is 4.74 Å². The molecule has 0 radical (unpaired) electrons. The molecule has 0 spiro atoms. The van der Waals surface area contributed by atoms with Crippen LogP contribution in [0.25, 0.3) is 10.8 Å². The number of nitrogens with zero attached hydrogens (tertiary/aromatic N) is 1. The van der Waals surface area contributed by atoms with E-state index in [1.54, 1.807) is 4.90 Å². The normalized spacial score (nSPS) is 15.4. The smallest absolute Gasteiger partial charge is 0.410 e. The van der Waals surface area contributed by atoms with Gasteiger partial charge in [-0.15, -0.1) is 0 Å². The Bertz CT molecular complexity index is 821. The van der Waals surface area contributed by atoms with Crippen molar-refractivity contribution in [1.82, 2.24) is 10.2 Å². The van der Waals surface area contributed by atoms with Gasteiger partial charge < -0.3 is 20.3 Å². The predicted octanol–water partition coefficient (Wildman–Crippen LogP) is 4.36. The van der Waals surface area contributed by atoms with E-state index in [9.17, 15) is 9.59 Å². The van der Waals surface area contributed by atoms with Crippen LogP contribution in [0.5, 0.6) is 0 Å². The van der Waals surface area contributed by atoms with Crippen molar-refractivity contribution in [2.75, 3.05) is 18.4 Å². The molecule has 1 aliphatic rings. The molecular weight excluding hydrogens is 342 g/mol. The van der Waals surface area contributed by atoms with Crippen molar-refractivity contribution in [2.24, 2.45) is 0 Å². The topological polar surface area (TPSA) is 70.7 Å². The molecule has 1 heterocycles. The molecular formula is C21H27N3O3. The fraction of sp³-hybridized carbons (Fsp3) is 0.429. The van der Waals surface area contributed by atoms with Crippen molar-refractivity contribution in [3.05, 3.63) is 42.5 Å². The highest BCUT2D eigenvalue weighted by molar-refractivity contribution is 5.93. The molecule has 144 valence electrons. The van der Waals surface area contributed by atoms with Gasteiger partial charge in [0.25, 0.3) is 0 Å². The number of carbonyl (C=O) groups excluding carboxylic acids is 2. The molecule has 1 aliphatic heterocycles. The first kappa shape index (κ1) is 19.0. The number of hydrogen-bond acceptors (Lipinski definition) is 3. The summed E-state index contributed by atoms with van der Waals surface area (Å²) in [5, 5.41) is 8.11. The maximum absolute atomic E-state index is 12.3. The first-order chi connectivity index (χ1) is 12.8. The lowest BCUT2D eigenvalue weighted by atomic mass is 10.1. The van der Waals surface area contributed by atoms with Crippen molar-refractivity contribution in [1.29, 1.82) is 0 Å². The summed E-state index contributed by atoms with van der Waals surface area (Å²) < 4.78 is 5.39. The zero-order valence-electron chi connectivity index (χ0n) is 16.1. The van der Waals surface area contributed by atoms with Crippen molar-refractivity contribution >= 4 is 28.6 Å². The monoisotopic (exact) mass is 369 g/mol. The Kier molecular flexibility index (Phi) is 5.54. The Balaban J connectivity index is 1.48. The van der Waals surface area contributed by atoms with Gasteiger partial charge in [-0.05, 0) is 56.5 Å². The highest BCUT2D eigenvalue weighted by Gasteiger charge is 2.27. The Morgan fingerprint density at radius 1 is 1.04 bits per heavy atom. The number of rotatable bonds is 2. The molecule has 2 N–H and O–H groups in total. The van der Waals surface area contributed by atoms with E-state index in [-0.39, 0.29) is 18.2 Å². The molecule has 2 aromatic carbocycles. The Hall–Kier alpha value is -2.76. The summed E-state index contributed by atoms with van der Waals surface area (Å²) in [6.45, 7) is 6.73. The average molecular weight is 369 g/mol. The lowest BCUT2D eigenvalue weighted by molar-refractivity contribution is 0.0202. The quantitative estimate of drug-likeness (QED) is 0.826. The summed E-state index contributed by atoms with van der Waals surface area (Å²) in [4.78, 5) is 26.1. The Morgan fingerprint density at radius 3 is 2.37 bits per heavy atom. The number of ether oxygens (including phenoxy) is 1. The first-order valence-electron chi connectivity index (χ1n) is 9.34. The second kappa shape index (κ2) is 7.86. The third-order valence-corrected chi connectivity index (χ3v) is 4.49. The van der Waals surface area contributed by atoms with E-state index in [1.165, 1.54) is 0 Å². The lowest BCUT2D eigenvalue weighted by Crippen LogP contribution is -2.48. The summed E-state index contributed by atoms with van der Waals surface area (Å²) in [7, 11) is 0. The van der Waals surface area contributed by atoms with E-state index in [1.807, 2.05) is 63.2 Å². The summed E-state index contributed by atoms with van der Waals surface area (Å²) >= 11 is 0. The zero-order chi connectivity index (χ0) is 19.4. The van der Waals surface area contributed by atoms with E-state index in [2.05, 4.69) is 10.6 Å². The Labute approximate surface area is 159 Å². The third kappa shape index (κ3) is 5.36. The molecule has 1 fully saturated rings. The predicted molar refractivity (Wildman–Crippen MR) is 107 cm³/mol. The van der Waals surface area contributed by atoms with E-state index in [4.69, 9.17) is 4.74 Å². The van der Waals surface area contributed by atoms with Gasteiger partial charge in [0.1, 0.15) is 5.60 Å². The molecule has 0 saturated carbocycles. The summed E-state index contributed by atoms with van der Waals surface area (Å²) in [5.41, 5.74) is 0.267. The van der Waals surface area contributed by atoms with E-state index in [0.29, 0.717) is 25.9 Å². The molecule has 0 aliphatic carbocycles. The van der Waals surface area contributed by atoms with Crippen LogP contribution in [0.4, 0.5) is 15.3 Å². The van der Waals surface area contributed by atoms with Gasteiger partial charge in [0.05, 0.1) is 0 Å². The minimum atomic E-state index is -0.494. The number of anilines is 1. The molecule has 6 heteroatoms. The van der Waals surface area contributed by atoms with Crippen LogP contribution in [-0.4, -0.2) is 41.8 Å². The van der Waals surface area contributed by atoms with Crippen LogP contribution in [0, 0.1) is 0 Å². The van der Waals surface area contributed by atoms with Gasteiger partial charge in [-0.1, -0.05) is 30.3 Å². The molecule has 2 aromatic rings. The summed E-state index contributed by atoms with van der Waals surface area (Å²) in [6, 6.07) is 13.7. The number of benzene rings is 2. The van der Waals surface area contributed by atoms with Crippen LogP contribution in [0.1, 0.15) is 33.6 Å². The van der Waals surface area contributed by atoms with Crippen LogP contribution in [0.15, 0.2) is 42.5 Å². The standard InChI is InChI=1S/C21H27N3O3/c1-21(2,3)27-20(26)24-12-10-17(11-13-24)22-19(25)23-18-9-8-15-6-4-5-7-16(15)14-18/h4-9,14,17H,10-13H2,1-3H3,(H2,22,23,25). The lowest BCUT2D eigenvalue weighted by Gasteiger charge is -2.33. The van der Waals surface area contributed by atoms with Gasteiger partial charge in [-0.3, -0.25) is 0 Å². The van der Waals surface area contributed by atoms with Crippen molar-refractivity contribution < 1.29 is 14.3 Å². The number of carbonyl (C=O) groups is 2. The number of hydrogen-bond donors (Lipinski definition) is 2. The van der Waals surface area contributed by atoms with Crippen molar-refractivity contribution in [2.45, 2.75) is 45.3 Å². The molecule has 6 nitrogen and oxygen atoms in total. The average Bonchev–Trinajstić information content (AvgIpc) is 2.60. The minimum absolute atomic E-state index is 0.0455. The van der Waals surface area contributed by atoms with Gasteiger partial charge in [0.2, 0.25) is 0 Å². The molecule has 0 bridgehead atoms. The van der Waals surface area contributed by atoms with Gasteiger partial charge in [-0.2, -0.15) is 0 Å². The highest BCUT2D eigenvalue weighted by Crippen LogP contribution is 2.19. The second-order valence-corrected chi connectivity index (χ2v) is 7.90. The van der Waals surface area contributed by atoms with Crippen LogP contribution >= 0.6 is 0 Å². The fourth-order valence-electron chi connectivity index (χ4n) is 3.15. The van der Waals surface area contributed by atoms with E-state index < -0.39 is 5.60 Å². The van der Waals surface area contributed by atoms with Gasteiger partial charge in [0, 0.05) is 24.8 Å². The van der Waals surface area contributed by atoms with E-state index >= 15 is 0 Å². The van der Waals surface area contributed by atoms with Crippen LogP contribution in [0.2, 0.25) is 0 Å². The molecule has 0 atom stereocenters. The number of likely N-dealkylation sites (tertiary alicyclic amines) is 1. The molecule has 3 amide bonds. The number of piperidine rings is 1. The molecule has 1 saturated heterocycles. The molecule has 27 heavy (non-hydrogen) atoms. The number of fused-ring (bicyclic) bond motifs is 1. The molecule has 3 rings (SSSR count). The number of nitrogens with one attached hydrogen (secondary N) is 2. The minimum Gasteiger partial charge on any atom is -0.444 e. The molecule has 0 aromatic heterocycles. The summed E-state index contributed by atoms with van der Waals surface area (Å²) in [5.74, 6) is 0.